The molecule has 2 heterocycles. The average Bonchev–Trinajstić information content (AvgIpc) is 2.99. The van der Waals surface area contributed by atoms with Gasteiger partial charge >= 0.3 is 12.1 Å². The highest BCUT2D eigenvalue weighted by Gasteiger charge is 2.46. The van der Waals surface area contributed by atoms with Crippen LogP contribution < -0.4 is 10.1 Å². The van der Waals surface area contributed by atoms with Crippen LogP contribution in [0.4, 0.5) is 13.2 Å². The molecular formula is C22H26F3N3O3. The second kappa shape index (κ2) is 8.28. The molecule has 0 aliphatic carbocycles. The minimum Gasteiger partial charge on any atom is -0.497 e. The van der Waals surface area contributed by atoms with Crippen LogP contribution in [0.2, 0.25) is 0 Å². The van der Waals surface area contributed by atoms with Crippen LogP contribution >= 0.6 is 0 Å². The van der Waals surface area contributed by atoms with Crippen LogP contribution in [0.3, 0.4) is 0 Å². The predicted molar refractivity (Wildman–Crippen MR) is 110 cm³/mol. The van der Waals surface area contributed by atoms with Crippen LogP contribution in [0.5, 0.6) is 5.75 Å². The lowest BCUT2D eigenvalue weighted by atomic mass is 9.82. The van der Waals surface area contributed by atoms with Crippen LogP contribution in [-0.4, -0.2) is 35.5 Å². The van der Waals surface area contributed by atoms with Gasteiger partial charge in [0.2, 0.25) is 0 Å². The van der Waals surface area contributed by atoms with Gasteiger partial charge in [0.1, 0.15) is 22.7 Å². The summed E-state index contributed by atoms with van der Waals surface area (Å²) < 4.78 is 54.1. The Morgan fingerprint density at radius 3 is 2.45 bits per heavy atom. The third-order valence-corrected chi connectivity index (χ3v) is 5.00. The van der Waals surface area contributed by atoms with E-state index in [4.69, 9.17) is 9.47 Å². The summed E-state index contributed by atoms with van der Waals surface area (Å²) in [6, 6.07) is 6.72. The zero-order valence-electron chi connectivity index (χ0n) is 18.1. The van der Waals surface area contributed by atoms with E-state index in [-0.39, 0.29) is 29.9 Å². The highest BCUT2D eigenvalue weighted by molar-refractivity contribution is 6.16. The molecule has 1 aliphatic heterocycles. The molecule has 0 spiro atoms. The number of halogens is 3. The van der Waals surface area contributed by atoms with Gasteiger partial charge in [0.25, 0.3) is 0 Å². The fraction of sp³-hybridized carbons (Fsp3) is 0.455. The fourth-order valence-electron chi connectivity index (χ4n) is 3.60. The van der Waals surface area contributed by atoms with E-state index in [9.17, 15) is 18.0 Å². The molecule has 0 radical (unpaired) electrons. The molecule has 1 aromatic carbocycles. The van der Waals surface area contributed by atoms with Crippen molar-refractivity contribution in [3.05, 3.63) is 53.0 Å². The molecule has 1 aromatic heterocycles. The molecular weight excluding hydrogens is 411 g/mol. The number of ether oxygens (including phenoxy) is 2. The quantitative estimate of drug-likeness (QED) is 0.713. The van der Waals surface area contributed by atoms with Gasteiger partial charge in [0, 0.05) is 23.7 Å². The number of fused-ring (bicyclic) bond motifs is 1. The summed E-state index contributed by atoms with van der Waals surface area (Å²) >= 11 is 0. The van der Waals surface area contributed by atoms with Crippen molar-refractivity contribution >= 4 is 11.5 Å². The molecule has 0 bridgehead atoms. The molecule has 31 heavy (non-hydrogen) atoms. The van der Waals surface area contributed by atoms with Crippen LogP contribution in [0.15, 0.2) is 30.5 Å². The maximum absolute atomic E-state index is 14.3. The number of esters is 1. The first-order chi connectivity index (χ1) is 14.4. The second-order valence-electron chi connectivity index (χ2n) is 8.35. The van der Waals surface area contributed by atoms with Gasteiger partial charge in [-0.2, -0.15) is 18.3 Å². The highest BCUT2D eigenvalue weighted by Crippen LogP contribution is 2.42. The van der Waals surface area contributed by atoms with E-state index in [1.54, 1.807) is 52.0 Å². The van der Waals surface area contributed by atoms with Crippen LogP contribution in [-0.2, 0) is 27.7 Å². The van der Waals surface area contributed by atoms with E-state index in [1.807, 2.05) is 0 Å². The maximum Gasteiger partial charge on any atom is 0.433 e. The van der Waals surface area contributed by atoms with Gasteiger partial charge in [-0.25, -0.2) is 4.79 Å². The Morgan fingerprint density at radius 2 is 1.90 bits per heavy atom. The molecule has 168 valence electrons. The Kier molecular flexibility index (Phi) is 6.07. The monoisotopic (exact) mass is 437 g/mol. The van der Waals surface area contributed by atoms with Crippen molar-refractivity contribution in [2.45, 2.75) is 51.9 Å². The van der Waals surface area contributed by atoms with E-state index >= 15 is 0 Å². The number of rotatable bonds is 5. The Morgan fingerprint density at radius 1 is 1.26 bits per heavy atom. The first-order valence-electron chi connectivity index (χ1n) is 9.90. The smallest absolute Gasteiger partial charge is 0.433 e. The summed E-state index contributed by atoms with van der Waals surface area (Å²) in [6.45, 7) is 6.83. The van der Waals surface area contributed by atoms with Gasteiger partial charge in [-0.05, 0) is 31.5 Å². The van der Waals surface area contributed by atoms with E-state index in [0.717, 1.165) is 4.68 Å². The summed E-state index contributed by atoms with van der Waals surface area (Å²) in [5.74, 6) is -0.117. The highest BCUT2D eigenvalue weighted by atomic mass is 19.4. The first kappa shape index (κ1) is 22.7. The van der Waals surface area contributed by atoms with Crippen molar-refractivity contribution in [3.63, 3.8) is 0 Å². The molecule has 3 rings (SSSR count). The van der Waals surface area contributed by atoms with Gasteiger partial charge < -0.3 is 14.8 Å². The lowest BCUT2D eigenvalue weighted by molar-refractivity contribution is -0.145. The lowest BCUT2D eigenvalue weighted by Crippen LogP contribution is -2.32. The molecule has 1 N–H and O–H groups in total. The van der Waals surface area contributed by atoms with Crippen molar-refractivity contribution < 1.29 is 27.4 Å². The molecule has 0 saturated heterocycles. The van der Waals surface area contributed by atoms with Gasteiger partial charge in [0.05, 0.1) is 19.8 Å². The number of aromatic nitrogens is 2. The van der Waals surface area contributed by atoms with Crippen LogP contribution in [0, 0.1) is 0 Å². The van der Waals surface area contributed by atoms with E-state index < -0.39 is 29.4 Å². The number of carbonyl (C=O) groups is 1. The normalized spacial score (nSPS) is 15.6. The van der Waals surface area contributed by atoms with Crippen molar-refractivity contribution in [2.24, 2.45) is 0 Å². The molecule has 1 aliphatic rings. The number of methoxy groups -OCH3 is 1. The third-order valence-electron chi connectivity index (χ3n) is 5.00. The molecule has 0 amide bonds. The standard InChI is InChI=1S/C22H26F3N3O3/c1-13(2)31-20(29)16-10-26-12-21(3,4)17-18(16)27-28(19(17)22(23,24)25)11-14-6-8-15(30-5)9-7-14/h6-10,13,26H,11-12H2,1-5H3. The lowest BCUT2D eigenvalue weighted by Gasteiger charge is -2.26. The molecule has 9 heteroatoms. The van der Waals surface area contributed by atoms with Gasteiger partial charge in [-0.1, -0.05) is 26.0 Å². The number of hydrogen-bond donors (Lipinski definition) is 1. The Balaban J connectivity index is 2.17. The van der Waals surface area contributed by atoms with Gasteiger partial charge in [0.15, 0.2) is 0 Å². The SMILES string of the molecule is COc1ccc(Cn2nc3c(c2C(F)(F)F)C(C)(C)CNC=C3C(=O)OC(C)C)cc1. The largest absolute Gasteiger partial charge is 0.497 e. The summed E-state index contributed by atoms with van der Waals surface area (Å²) in [5.41, 5.74) is -1.24. The molecule has 2 aromatic rings. The first-order valence-corrected chi connectivity index (χ1v) is 9.90. The number of carbonyl (C=O) groups excluding carboxylic acids is 1. The number of nitrogens with zero attached hydrogens (tertiary/aromatic N) is 2. The molecule has 0 saturated carbocycles. The van der Waals surface area contributed by atoms with Crippen molar-refractivity contribution in [2.75, 3.05) is 13.7 Å². The van der Waals surface area contributed by atoms with E-state index in [2.05, 4.69) is 10.4 Å². The molecule has 0 unspecified atom stereocenters. The molecule has 0 atom stereocenters. The van der Waals surface area contributed by atoms with Crippen LogP contribution in [0.1, 0.15) is 50.2 Å². The minimum atomic E-state index is -4.66. The number of nitrogens with one attached hydrogen (secondary N) is 1. The van der Waals surface area contributed by atoms with Crippen molar-refractivity contribution in [1.82, 2.24) is 15.1 Å². The van der Waals surface area contributed by atoms with E-state index in [1.165, 1.54) is 13.3 Å². The molecule has 0 fully saturated rings. The molecule has 6 nitrogen and oxygen atoms in total. The van der Waals surface area contributed by atoms with Gasteiger partial charge in [-0.3, -0.25) is 4.68 Å². The summed E-state index contributed by atoms with van der Waals surface area (Å²) in [4.78, 5) is 12.7. The Labute approximate surface area is 179 Å². The summed E-state index contributed by atoms with van der Waals surface area (Å²) in [5, 5.41) is 7.22. The van der Waals surface area contributed by atoms with Gasteiger partial charge in [-0.15, -0.1) is 0 Å². The average molecular weight is 437 g/mol. The predicted octanol–water partition coefficient (Wildman–Crippen LogP) is 4.13. The number of benzene rings is 1. The fourth-order valence-corrected chi connectivity index (χ4v) is 3.60. The Hall–Kier alpha value is -2.97. The zero-order chi connectivity index (χ0) is 23.0. The topological polar surface area (TPSA) is 65.4 Å². The summed E-state index contributed by atoms with van der Waals surface area (Å²) in [7, 11) is 1.52. The Bertz CT molecular complexity index is 990. The van der Waals surface area contributed by atoms with Crippen LogP contribution in [0.25, 0.3) is 5.57 Å². The van der Waals surface area contributed by atoms with E-state index in [0.29, 0.717) is 11.3 Å². The number of hydrogen-bond acceptors (Lipinski definition) is 5. The van der Waals surface area contributed by atoms with Crippen molar-refractivity contribution in [3.8, 4) is 5.75 Å². The minimum absolute atomic E-state index is 0.0125. The second-order valence-corrected chi connectivity index (χ2v) is 8.35. The third kappa shape index (κ3) is 4.70. The summed E-state index contributed by atoms with van der Waals surface area (Å²) in [6.07, 6.45) is -3.69. The maximum atomic E-state index is 14.3. The number of alkyl halides is 3. The van der Waals surface area contributed by atoms with Crippen molar-refractivity contribution in [1.29, 1.82) is 0 Å². The zero-order valence-corrected chi connectivity index (χ0v) is 18.1.